The standard InChI is InChI=1S/C15H23NO3/c1-10(2)15(14(17)18)7-8-16(9-15)12(4)13-6-5-11(3)19-13/h5-6,10,12H,7-9H2,1-4H3,(H,17,18). The highest BCUT2D eigenvalue weighted by atomic mass is 16.4. The molecule has 0 aromatic carbocycles. The van der Waals surface area contributed by atoms with Crippen LogP contribution in [0.25, 0.3) is 0 Å². The van der Waals surface area contributed by atoms with E-state index in [0.29, 0.717) is 13.0 Å². The molecule has 19 heavy (non-hydrogen) atoms. The molecule has 1 aliphatic heterocycles. The van der Waals surface area contributed by atoms with Crippen molar-refractivity contribution in [3.05, 3.63) is 23.7 Å². The second-order valence-corrected chi connectivity index (χ2v) is 5.96. The van der Waals surface area contributed by atoms with Crippen molar-refractivity contribution in [2.75, 3.05) is 13.1 Å². The number of carbonyl (C=O) groups is 1. The van der Waals surface area contributed by atoms with Crippen LogP contribution in [0.3, 0.4) is 0 Å². The highest BCUT2D eigenvalue weighted by molar-refractivity contribution is 5.75. The maximum Gasteiger partial charge on any atom is 0.311 e. The van der Waals surface area contributed by atoms with E-state index in [2.05, 4.69) is 11.8 Å². The molecule has 106 valence electrons. The maximum atomic E-state index is 11.6. The summed E-state index contributed by atoms with van der Waals surface area (Å²) in [6, 6.07) is 4.07. The van der Waals surface area contributed by atoms with Crippen molar-refractivity contribution >= 4 is 5.97 Å². The number of carboxylic acids is 1. The average molecular weight is 265 g/mol. The topological polar surface area (TPSA) is 53.7 Å². The lowest BCUT2D eigenvalue weighted by Crippen LogP contribution is -2.39. The Labute approximate surface area is 114 Å². The van der Waals surface area contributed by atoms with Gasteiger partial charge in [0, 0.05) is 13.1 Å². The predicted molar refractivity (Wildman–Crippen MR) is 73.0 cm³/mol. The minimum absolute atomic E-state index is 0.133. The molecule has 0 aliphatic carbocycles. The molecule has 0 spiro atoms. The Morgan fingerprint density at radius 3 is 2.53 bits per heavy atom. The summed E-state index contributed by atoms with van der Waals surface area (Å²) in [5, 5.41) is 9.56. The lowest BCUT2D eigenvalue weighted by Gasteiger charge is -2.30. The van der Waals surface area contributed by atoms with Crippen molar-refractivity contribution < 1.29 is 14.3 Å². The van der Waals surface area contributed by atoms with E-state index in [9.17, 15) is 9.90 Å². The van der Waals surface area contributed by atoms with Gasteiger partial charge in [-0.1, -0.05) is 13.8 Å². The van der Waals surface area contributed by atoms with Crippen LogP contribution >= 0.6 is 0 Å². The number of likely N-dealkylation sites (tertiary alicyclic amines) is 1. The smallest absolute Gasteiger partial charge is 0.311 e. The van der Waals surface area contributed by atoms with Crippen molar-refractivity contribution in [1.29, 1.82) is 0 Å². The summed E-state index contributed by atoms with van der Waals surface area (Å²) in [6.45, 7) is 9.41. The first kappa shape index (κ1) is 14.1. The molecule has 0 bridgehead atoms. The van der Waals surface area contributed by atoms with E-state index >= 15 is 0 Å². The van der Waals surface area contributed by atoms with Crippen molar-refractivity contribution in [2.45, 2.75) is 40.2 Å². The molecule has 1 saturated heterocycles. The van der Waals surface area contributed by atoms with Crippen LogP contribution in [-0.2, 0) is 4.79 Å². The first-order chi connectivity index (χ1) is 8.86. The zero-order valence-electron chi connectivity index (χ0n) is 12.1. The van der Waals surface area contributed by atoms with Gasteiger partial charge in [-0.2, -0.15) is 0 Å². The van der Waals surface area contributed by atoms with Crippen molar-refractivity contribution in [3.8, 4) is 0 Å². The summed E-state index contributed by atoms with van der Waals surface area (Å²) >= 11 is 0. The van der Waals surface area contributed by atoms with Gasteiger partial charge < -0.3 is 9.52 Å². The fraction of sp³-hybridized carbons (Fsp3) is 0.667. The fourth-order valence-corrected chi connectivity index (χ4v) is 2.94. The molecule has 2 atom stereocenters. The zero-order valence-corrected chi connectivity index (χ0v) is 12.1. The second kappa shape index (κ2) is 5.00. The van der Waals surface area contributed by atoms with Crippen LogP contribution in [0.15, 0.2) is 16.5 Å². The largest absolute Gasteiger partial charge is 0.481 e. The molecule has 0 radical (unpaired) electrons. The zero-order chi connectivity index (χ0) is 14.2. The van der Waals surface area contributed by atoms with E-state index in [1.54, 1.807) is 0 Å². The summed E-state index contributed by atoms with van der Waals surface area (Å²) < 4.78 is 5.66. The van der Waals surface area contributed by atoms with Gasteiger partial charge >= 0.3 is 5.97 Å². The first-order valence-corrected chi connectivity index (χ1v) is 6.90. The van der Waals surface area contributed by atoms with Crippen LogP contribution in [0, 0.1) is 18.3 Å². The van der Waals surface area contributed by atoms with Crippen LogP contribution in [0.2, 0.25) is 0 Å². The van der Waals surface area contributed by atoms with Crippen LogP contribution < -0.4 is 0 Å². The Morgan fingerprint density at radius 2 is 2.11 bits per heavy atom. The molecule has 1 aliphatic rings. The van der Waals surface area contributed by atoms with Gasteiger partial charge in [0.25, 0.3) is 0 Å². The van der Waals surface area contributed by atoms with E-state index < -0.39 is 11.4 Å². The van der Waals surface area contributed by atoms with Gasteiger partial charge in [0.05, 0.1) is 11.5 Å². The van der Waals surface area contributed by atoms with Crippen LogP contribution in [-0.4, -0.2) is 29.1 Å². The highest BCUT2D eigenvalue weighted by Crippen LogP contribution is 2.41. The lowest BCUT2D eigenvalue weighted by molar-refractivity contribution is -0.151. The van der Waals surface area contributed by atoms with Crippen LogP contribution in [0.1, 0.15) is 44.8 Å². The van der Waals surface area contributed by atoms with Crippen LogP contribution in [0.5, 0.6) is 0 Å². The molecular formula is C15H23NO3. The van der Waals surface area contributed by atoms with Crippen molar-refractivity contribution in [1.82, 2.24) is 4.90 Å². The summed E-state index contributed by atoms with van der Waals surface area (Å²) in [6.07, 6.45) is 0.712. The summed E-state index contributed by atoms with van der Waals surface area (Å²) in [4.78, 5) is 13.8. The van der Waals surface area contributed by atoms with Gasteiger partial charge in [0.15, 0.2) is 0 Å². The number of furan rings is 1. The Hall–Kier alpha value is -1.29. The van der Waals surface area contributed by atoms with Gasteiger partial charge in [-0.25, -0.2) is 0 Å². The van der Waals surface area contributed by atoms with Gasteiger partial charge in [-0.3, -0.25) is 9.69 Å². The van der Waals surface area contributed by atoms with Gasteiger partial charge in [0.2, 0.25) is 0 Å². The molecule has 0 amide bonds. The number of aliphatic carboxylic acids is 1. The molecular weight excluding hydrogens is 242 g/mol. The normalized spacial score (nSPS) is 25.9. The van der Waals surface area contributed by atoms with E-state index in [-0.39, 0.29) is 12.0 Å². The van der Waals surface area contributed by atoms with E-state index in [4.69, 9.17) is 4.42 Å². The Kier molecular flexibility index (Phi) is 3.72. The third-order valence-corrected chi connectivity index (χ3v) is 4.58. The fourth-order valence-electron chi connectivity index (χ4n) is 2.94. The SMILES string of the molecule is Cc1ccc(C(C)N2CCC(C(=O)O)(C(C)C)C2)o1. The molecule has 4 nitrogen and oxygen atoms in total. The summed E-state index contributed by atoms with van der Waals surface area (Å²) in [7, 11) is 0. The average Bonchev–Trinajstić information content (AvgIpc) is 2.94. The lowest BCUT2D eigenvalue weighted by atomic mass is 9.76. The monoisotopic (exact) mass is 265 g/mol. The third-order valence-electron chi connectivity index (χ3n) is 4.58. The molecule has 2 unspecified atom stereocenters. The Morgan fingerprint density at radius 1 is 1.42 bits per heavy atom. The first-order valence-electron chi connectivity index (χ1n) is 6.90. The van der Waals surface area contributed by atoms with E-state index in [1.165, 1.54) is 0 Å². The number of nitrogens with zero attached hydrogens (tertiary/aromatic N) is 1. The number of hydrogen-bond donors (Lipinski definition) is 1. The minimum Gasteiger partial charge on any atom is -0.481 e. The van der Waals surface area contributed by atoms with E-state index in [1.807, 2.05) is 32.9 Å². The molecule has 2 rings (SSSR count). The minimum atomic E-state index is -0.673. The molecule has 1 N–H and O–H groups in total. The van der Waals surface area contributed by atoms with Crippen molar-refractivity contribution in [2.24, 2.45) is 11.3 Å². The number of rotatable bonds is 4. The molecule has 1 fully saturated rings. The Balaban J connectivity index is 2.15. The quantitative estimate of drug-likeness (QED) is 0.909. The van der Waals surface area contributed by atoms with Crippen molar-refractivity contribution in [3.63, 3.8) is 0 Å². The summed E-state index contributed by atoms with van der Waals surface area (Å²) in [5.74, 6) is 1.28. The predicted octanol–water partition coefficient (Wildman–Crippen LogP) is 3.08. The summed E-state index contributed by atoms with van der Waals surface area (Å²) in [5.41, 5.74) is -0.615. The second-order valence-electron chi connectivity index (χ2n) is 5.96. The number of aryl methyl sites for hydroxylation is 1. The molecule has 2 heterocycles. The molecule has 0 saturated carbocycles. The van der Waals surface area contributed by atoms with E-state index in [0.717, 1.165) is 18.1 Å². The number of hydrogen-bond acceptors (Lipinski definition) is 3. The van der Waals surface area contributed by atoms with Gasteiger partial charge in [-0.15, -0.1) is 0 Å². The third kappa shape index (κ3) is 2.41. The maximum absolute atomic E-state index is 11.6. The molecule has 4 heteroatoms. The highest BCUT2D eigenvalue weighted by Gasteiger charge is 2.48. The molecule has 1 aromatic rings. The van der Waals surface area contributed by atoms with Gasteiger partial charge in [0.1, 0.15) is 11.5 Å². The van der Waals surface area contributed by atoms with Gasteiger partial charge in [-0.05, 0) is 38.3 Å². The molecule has 1 aromatic heterocycles. The number of carboxylic acid groups (broad SMARTS) is 1. The Bertz CT molecular complexity index is 466. The van der Waals surface area contributed by atoms with Crippen LogP contribution in [0.4, 0.5) is 0 Å².